The van der Waals surface area contributed by atoms with Crippen LogP contribution in [0.3, 0.4) is 0 Å². The number of allylic oxidation sites excluding steroid dienone is 7. The average molecular weight is 552 g/mol. The summed E-state index contributed by atoms with van der Waals surface area (Å²) in [7, 11) is -0.364. The zero-order valence-electron chi connectivity index (χ0n) is 25.2. The molecule has 212 valence electrons. The lowest BCUT2D eigenvalue weighted by molar-refractivity contribution is -0.121. The van der Waals surface area contributed by atoms with Gasteiger partial charge in [0.15, 0.2) is 0 Å². The SMILES string of the molecule is C=C(C)C(/C=C(\CC)B1OC(C)(C)C(C)(C)O1)=C(\C=C/C)C1CCC([C@@H](C)C(=O)Nc2ccc(Cl)cc2)CC1. The predicted molar refractivity (Wildman–Crippen MR) is 166 cm³/mol. The smallest absolute Gasteiger partial charge is 0.400 e. The first-order chi connectivity index (χ1) is 18.3. The largest absolute Gasteiger partial charge is 0.490 e. The fourth-order valence-corrected chi connectivity index (χ4v) is 5.65. The van der Waals surface area contributed by atoms with E-state index in [1.807, 2.05) is 12.1 Å². The van der Waals surface area contributed by atoms with E-state index in [9.17, 15) is 4.79 Å². The topological polar surface area (TPSA) is 47.6 Å². The second kappa shape index (κ2) is 13.1. The molecule has 1 heterocycles. The molecule has 0 radical (unpaired) electrons. The fourth-order valence-electron chi connectivity index (χ4n) is 5.53. The van der Waals surface area contributed by atoms with Crippen molar-refractivity contribution >= 4 is 30.3 Å². The van der Waals surface area contributed by atoms with E-state index >= 15 is 0 Å². The van der Waals surface area contributed by atoms with Crippen LogP contribution in [0.15, 0.2) is 71.3 Å². The molecule has 0 spiro atoms. The van der Waals surface area contributed by atoms with E-state index in [1.165, 1.54) is 11.1 Å². The number of hydrogen-bond acceptors (Lipinski definition) is 3. The summed E-state index contributed by atoms with van der Waals surface area (Å²) in [6.07, 6.45) is 11.6. The van der Waals surface area contributed by atoms with Crippen molar-refractivity contribution in [1.29, 1.82) is 0 Å². The first-order valence-electron chi connectivity index (χ1n) is 14.4. The van der Waals surface area contributed by atoms with Crippen LogP contribution < -0.4 is 5.32 Å². The van der Waals surface area contributed by atoms with Crippen LogP contribution in [0.25, 0.3) is 0 Å². The highest BCUT2D eigenvalue weighted by molar-refractivity contribution is 6.54. The Kier molecular flexibility index (Phi) is 10.5. The summed E-state index contributed by atoms with van der Waals surface area (Å²) in [6, 6.07) is 7.29. The van der Waals surface area contributed by atoms with E-state index in [-0.39, 0.29) is 30.1 Å². The molecule has 2 aliphatic rings. The Morgan fingerprint density at radius 3 is 2.18 bits per heavy atom. The second-order valence-corrected chi connectivity index (χ2v) is 12.6. The van der Waals surface area contributed by atoms with Crippen LogP contribution >= 0.6 is 11.6 Å². The van der Waals surface area contributed by atoms with E-state index in [0.717, 1.165) is 48.8 Å². The lowest BCUT2D eigenvalue weighted by Crippen LogP contribution is -2.41. The Labute approximate surface area is 242 Å². The molecule has 0 bridgehead atoms. The van der Waals surface area contributed by atoms with E-state index < -0.39 is 0 Å². The van der Waals surface area contributed by atoms with Gasteiger partial charge in [0.1, 0.15) is 0 Å². The summed E-state index contributed by atoms with van der Waals surface area (Å²) in [4.78, 5) is 13.0. The standard InChI is InChI=1S/C33H47BClNO3/c1-10-12-29(30(22(3)4)21-26(11-2)34-38-32(6,7)33(8,9)39-34)25-15-13-24(14-16-25)23(5)31(37)36-28-19-17-27(35)18-20-28/h10,12,17-21,23-25H,3,11,13-16H2,1-2,4-9H3,(H,36,37)/b12-10-,26-21+,30-29+/t23-,24?,25?/m1/s1. The number of carbonyl (C=O) groups excluding carboxylic acids is 1. The van der Waals surface area contributed by atoms with E-state index in [4.69, 9.17) is 20.9 Å². The monoisotopic (exact) mass is 551 g/mol. The number of anilines is 1. The molecule has 1 aliphatic heterocycles. The molecule has 6 heteroatoms. The Morgan fingerprint density at radius 1 is 1.13 bits per heavy atom. The Morgan fingerprint density at radius 2 is 1.69 bits per heavy atom. The Hall–Kier alpha value is -2.08. The molecule has 1 aliphatic carbocycles. The maximum absolute atomic E-state index is 13.0. The van der Waals surface area contributed by atoms with Gasteiger partial charge in [-0.3, -0.25) is 4.79 Å². The molecular formula is C33H47BClNO3. The summed E-state index contributed by atoms with van der Waals surface area (Å²) in [5, 5.41) is 3.72. The molecule has 4 nitrogen and oxygen atoms in total. The minimum atomic E-state index is -0.375. The number of nitrogens with one attached hydrogen (secondary N) is 1. The van der Waals surface area contributed by atoms with Crippen molar-refractivity contribution < 1.29 is 14.1 Å². The molecule has 1 saturated carbocycles. The van der Waals surface area contributed by atoms with Gasteiger partial charge < -0.3 is 14.6 Å². The van der Waals surface area contributed by atoms with Crippen LogP contribution in [0.2, 0.25) is 5.02 Å². The van der Waals surface area contributed by atoms with Crippen LogP contribution in [0.1, 0.15) is 87.5 Å². The van der Waals surface area contributed by atoms with Gasteiger partial charge in [-0.25, -0.2) is 0 Å². The minimum absolute atomic E-state index is 0.0497. The number of halogens is 1. The summed E-state index contributed by atoms with van der Waals surface area (Å²) >= 11 is 5.98. The van der Waals surface area contributed by atoms with E-state index in [0.29, 0.717) is 16.9 Å². The molecule has 1 amide bonds. The third-order valence-corrected chi connectivity index (χ3v) is 9.11. The van der Waals surface area contributed by atoms with Gasteiger partial charge in [0.2, 0.25) is 5.91 Å². The highest BCUT2D eigenvalue weighted by Crippen LogP contribution is 2.42. The third-order valence-electron chi connectivity index (χ3n) is 8.86. The van der Waals surface area contributed by atoms with Crippen LogP contribution in [-0.2, 0) is 14.1 Å². The Balaban J connectivity index is 1.78. The minimum Gasteiger partial charge on any atom is -0.400 e. The second-order valence-electron chi connectivity index (χ2n) is 12.2. The van der Waals surface area contributed by atoms with Gasteiger partial charge in [-0.2, -0.15) is 0 Å². The first-order valence-corrected chi connectivity index (χ1v) is 14.8. The molecule has 1 aromatic rings. The first kappa shape index (κ1) is 31.5. The number of rotatable bonds is 9. The predicted octanol–water partition coefficient (Wildman–Crippen LogP) is 9.14. The number of hydrogen-bond donors (Lipinski definition) is 1. The average Bonchev–Trinajstić information content (AvgIpc) is 3.10. The molecule has 0 unspecified atom stereocenters. The number of carbonyl (C=O) groups is 1. The van der Waals surface area contributed by atoms with Crippen LogP contribution in [-0.4, -0.2) is 24.2 Å². The van der Waals surface area contributed by atoms with Crippen molar-refractivity contribution in [2.45, 2.75) is 98.7 Å². The molecule has 3 rings (SSSR count). The third kappa shape index (κ3) is 7.57. The van der Waals surface area contributed by atoms with Crippen LogP contribution in [0.5, 0.6) is 0 Å². The van der Waals surface area contributed by atoms with Gasteiger partial charge in [-0.05, 0) is 126 Å². The molecule has 1 atom stereocenters. The normalized spacial score (nSPS) is 24.4. The molecule has 1 N–H and O–H groups in total. The van der Waals surface area contributed by atoms with Crippen molar-refractivity contribution in [2.24, 2.45) is 17.8 Å². The summed E-state index contributed by atoms with van der Waals surface area (Å²) in [5.74, 6) is 0.806. The van der Waals surface area contributed by atoms with E-state index in [1.54, 1.807) is 12.1 Å². The lowest BCUT2D eigenvalue weighted by Gasteiger charge is -2.33. The summed E-state index contributed by atoms with van der Waals surface area (Å²) in [6.45, 7) is 21.1. The number of amides is 1. The zero-order chi connectivity index (χ0) is 29.0. The summed E-state index contributed by atoms with van der Waals surface area (Å²) < 4.78 is 12.8. The van der Waals surface area contributed by atoms with Crippen molar-refractivity contribution in [1.82, 2.24) is 0 Å². The molecule has 2 fully saturated rings. The molecule has 39 heavy (non-hydrogen) atoms. The van der Waals surface area contributed by atoms with Gasteiger partial charge in [0, 0.05) is 16.6 Å². The van der Waals surface area contributed by atoms with Gasteiger partial charge in [0.25, 0.3) is 0 Å². The molecule has 0 aromatic heterocycles. The highest BCUT2D eigenvalue weighted by Gasteiger charge is 2.52. The maximum atomic E-state index is 13.0. The summed E-state index contributed by atoms with van der Waals surface area (Å²) in [5.41, 5.74) is 4.72. The van der Waals surface area contributed by atoms with Gasteiger partial charge in [-0.15, -0.1) is 0 Å². The van der Waals surface area contributed by atoms with Crippen molar-refractivity contribution in [3.05, 3.63) is 76.3 Å². The number of benzene rings is 1. The molecular weight excluding hydrogens is 505 g/mol. The van der Waals surface area contributed by atoms with Gasteiger partial charge >= 0.3 is 7.12 Å². The van der Waals surface area contributed by atoms with Crippen molar-refractivity contribution in [3.8, 4) is 0 Å². The highest BCUT2D eigenvalue weighted by atomic mass is 35.5. The fraction of sp³-hybridized carbons (Fsp3) is 0.545. The maximum Gasteiger partial charge on any atom is 0.490 e. The zero-order valence-corrected chi connectivity index (χ0v) is 26.0. The van der Waals surface area contributed by atoms with Crippen LogP contribution in [0.4, 0.5) is 5.69 Å². The van der Waals surface area contributed by atoms with Crippen molar-refractivity contribution in [3.63, 3.8) is 0 Å². The Bertz CT molecular complexity index is 1110. The van der Waals surface area contributed by atoms with Crippen LogP contribution in [0, 0.1) is 17.8 Å². The quantitative estimate of drug-likeness (QED) is 0.246. The van der Waals surface area contributed by atoms with Gasteiger partial charge in [-0.1, -0.05) is 55.8 Å². The molecule has 1 saturated heterocycles. The van der Waals surface area contributed by atoms with Crippen molar-refractivity contribution in [2.75, 3.05) is 5.32 Å². The van der Waals surface area contributed by atoms with E-state index in [2.05, 4.69) is 85.5 Å². The lowest BCUT2D eigenvalue weighted by atomic mass is 9.71. The molecule has 1 aromatic carbocycles. The van der Waals surface area contributed by atoms with Gasteiger partial charge in [0.05, 0.1) is 11.2 Å².